The van der Waals surface area contributed by atoms with Crippen molar-refractivity contribution in [1.29, 1.82) is 0 Å². The molecule has 0 aliphatic heterocycles. The molecule has 0 radical (unpaired) electrons. The summed E-state index contributed by atoms with van der Waals surface area (Å²) >= 11 is 0. The van der Waals surface area contributed by atoms with Crippen molar-refractivity contribution >= 4 is 0 Å². The minimum absolute atomic E-state index is 0.0969. The van der Waals surface area contributed by atoms with Gasteiger partial charge in [-0.3, -0.25) is 0 Å². The van der Waals surface area contributed by atoms with Crippen molar-refractivity contribution < 1.29 is 35.4 Å². The van der Waals surface area contributed by atoms with Gasteiger partial charge in [0.15, 0.2) is 0 Å². The number of hydrogen-bond donors (Lipinski definition) is 6. The Morgan fingerprint density at radius 2 is 1.17 bits per heavy atom. The van der Waals surface area contributed by atoms with Gasteiger partial charge in [0, 0.05) is 42.6 Å². The lowest BCUT2D eigenvalue weighted by Gasteiger charge is -2.32. The van der Waals surface area contributed by atoms with Gasteiger partial charge in [-0.1, -0.05) is 24.3 Å². The van der Waals surface area contributed by atoms with Crippen LogP contribution in [0.5, 0.6) is 34.5 Å². The van der Waals surface area contributed by atoms with Crippen LogP contribution in [0.3, 0.4) is 0 Å². The van der Waals surface area contributed by atoms with Gasteiger partial charge in [0.05, 0.1) is 6.10 Å². The first kappa shape index (κ1) is 23.4. The number of methoxy groups -OCH3 is 1. The molecule has 0 saturated carbocycles. The number of rotatable bonds is 5. The summed E-state index contributed by atoms with van der Waals surface area (Å²) in [5, 5.41) is 61.9. The third-order valence-corrected chi connectivity index (χ3v) is 6.95. The Bertz CT molecular complexity index is 1380. The lowest BCUT2D eigenvalue weighted by Crippen LogP contribution is -2.19. The van der Waals surface area contributed by atoms with Gasteiger partial charge in [-0.15, -0.1) is 0 Å². The predicted molar refractivity (Wildman–Crippen MR) is 133 cm³/mol. The topological polar surface area (TPSA) is 131 Å². The molecule has 0 fully saturated rings. The molecule has 0 aromatic heterocycles. The molecule has 4 atom stereocenters. The van der Waals surface area contributed by atoms with Gasteiger partial charge in [0.2, 0.25) is 0 Å². The van der Waals surface area contributed by atoms with E-state index >= 15 is 0 Å². The average molecular weight is 487 g/mol. The summed E-state index contributed by atoms with van der Waals surface area (Å²) in [4.78, 5) is 0. The van der Waals surface area contributed by atoms with Crippen LogP contribution in [0.25, 0.3) is 0 Å². The molecule has 1 aliphatic rings. The number of aromatic hydroxyl groups is 6. The van der Waals surface area contributed by atoms with E-state index in [1.807, 2.05) is 0 Å². The molecule has 0 unspecified atom stereocenters. The minimum Gasteiger partial charge on any atom is -0.508 e. The maximum Gasteiger partial charge on any atom is 0.123 e. The van der Waals surface area contributed by atoms with Crippen LogP contribution in [-0.2, 0) is 4.74 Å². The van der Waals surface area contributed by atoms with E-state index in [2.05, 4.69) is 0 Å². The van der Waals surface area contributed by atoms with Crippen LogP contribution < -0.4 is 0 Å². The normalized spacial score (nSPS) is 19.6. The fraction of sp³-hybridized carbons (Fsp3) is 0.172. The quantitative estimate of drug-likeness (QED) is 0.225. The highest BCUT2D eigenvalue weighted by molar-refractivity contribution is 5.61. The van der Waals surface area contributed by atoms with Crippen molar-refractivity contribution in [3.63, 3.8) is 0 Å². The maximum atomic E-state index is 11.1. The number of ether oxygens (including phenoxy) is 1. The van der Waals surface area contributed by atoms with Gasteiger partial charge >= 0.3 is 0 Å². The Kier molecular flexibility index (Phi) is 5.86. The maximum absolute atomic E-state index is 11.1. The standard InChI is InChI=1S/C29H26O7/c1-36-29(16-4-8-19(31)9-5-16)28-23-13-22(34)14-24(35)27(23)26(17-10-20(32)12-21(33)11-17)25(28)15-2-6-18(30)7-3-15/h2-14,25-26,28-35H,1H3/t25-,26-,28+,29-/m0/s1. The summed E-state index contributed by atoms with van der Waals surface area (Å²) in [6.45, 7) is 0. The summed E-state index contributed by atoms with van der Waals surface area (Å²) in [7, 11) is 1.57. The average Bonchev–Trinajstić information content (AvgIpc) is 3.16. The number of phenols is 6. The van der Waals surface area contributed by atoms with E-state index in [9.17, 15) is 30.6 Å². The van der Waals surface area contributed by atoms with Crippen molar-refractivity contribution in [3.05, 3.63) is 107 Å². The summed E-state index contributed by atoms with van der Waals surface area (Å²) in [6.07, 6.45) is -0.555. The first-order valence-corrected chi connectivity index (χ1v) is 11.5. The number of hydrogen-bond acceptors (Lipinski definition) is 7. The van der Waals surface area contributed by atoms with Crippen molar-refractivity contribution in [2.24, 2.45) is 0 Å². The minimum atomic E-state index is -0.555. The van der Waals surface area contributed by atoms with E-state index in [4.69, 9.17) is 4.74 Å². The smallest absolute Gasteiger partial charge is 0.123 e. The Labute approximate surface area is 207 Å². The SMILES string of the molecule is CO[C@@H](c1ccc(O)cc1)[C@@H]1c2cc(O)cc(O)c2[C@@H](c2cc(O)cc(O)c2)[C@@H]1c1ccc(O)cc1. The first-order valence-electron chi connectivity index (χ1n) is 11.5. The lowest BCUT2D eigenvalue weighted by molar-refractivity contribution is 0.0718. The number of phenolic OH excluding ortho intramolecular Hbond substituents is 6. The highest BCUT2D eigenvalue weighted by Gasteiger charge is 2.48. The molecule has 7 heteroatoms. The van der Waals surface area contributed by atoms with Gasteiger partial charge in [-0.2, -0.15) is 0 Å². The molecular formula is C29H26O7. The number of fused-ring (bicyclic) bond motifs is 1. The molecule has 1 aliphatic carbocycles. The van der Waals surface area contributed by atoms with Crippen molar-refractivity contribution in [2.75, 3.05) is 7.11 Å². The van der Waals surface area contributed by atoms with Crippen LogP contribution in [0.4, 0.5) is 0 Å². The Morgan fingerprint density at radius 1 is 0.611 bits per heavy atom. The van der Waals surface area contributed by atoms with Gasteiger partial charge in [-0.25, -0.2) is 0 Å². The zero-order valence-corrected chi connectivity index (χ0v) is 19.4. The molecular weight excluding hydrogens is 460 g/mol. The van der Waals surface area contributed by atoms with E-state index in [1.54, 1.807) is 73.8 Å². The molecule has 36 heavy (non-hydrogen) atoms. The van der Waals surface area contributed by atoms with Crippen LogP contribution in [-0.4, -0.2) is 37.7 Å². The zero-order valence-electron chi connectivity index (χ0n) is 19.4. The molecule has 6 N–H and O–H groups in total. The van der Waals surface area contributed by atoms with Gasteiger partial charge in [0.25, 0.3) is 0 Å². The highest BCUT2D eigenvalue weighted by Crippen LogP contribution is 2.62. The zero-order chi connectivity index (χ0) is 25.6. The third-order valence-electron chi connectivity index (χ3n) is 6.95. The van der Waals surface area contributed by atoms with E-state index in [-0.39, 0.29) is 34.5 Å². The fourth-order valence-electron chi connectivity index (χ4n) is 5.61. The molecule has 0 bridgehead atoms. The van der Waals surface area contributed by atoms with Crippen molar-refractivity contribution in [1.82, 2.24) is 0 Å². The molecule has 7 nitrogen and oxygen atoms in total. The molecule has 0 saturated heterocycles. The van der Waals surface area contributed by atoms with Crippen LogP contribution in [0.1, 0.15) is 51.7 Å². The van der Waals surface area contributed by atoms with Crippen LogP contribution in [0.15, 0.2) is 78.9 Å². The van der Waals surface area contributed by atoms with Gasteiger partial charge in [0.1, 0.15) is 34.5 Å². The van der Waals surface area contributed by atoms with Crippen molar-refractivity contribution in [2.45, 2.75) is 23.9 Å². The molecule has 0 amide bonds. The second-order valence-corrected chi connectivity index (χ2v) is 9.12. The highest BCUT2D eigenvalue weighted by atomic mass is 16.5. The first-order chi connectivity index (χ1) is 17.3. The fourth-order valence-corrected chi connectivity index (χ4v) is 5.61. The molecule has 5 rings (SSSR count). The molecule has 4 aromatic carbocycles. The second-order valence-electron chi connectivity index (χ2n) is 9.12. The van der Waals surface area contributed by atoms with Crippen LogP contribution in [0.2, 0.25) is 0 Å². The van der Waals surface area contributed by atoms with E-state index in [0.29, 0.717) is 16.7 Å². The Balaban J connectivity index is 1.80. The summed E-state index contributed by atoms with van der Waals surface area (Å²) < 4.78 is 6.01. The van der Waals surface area contributed by atoms with Crippen LogP contribution in [0, 0.1) is 0 Å². The summed E-state index contributed by atoms with van der Waals surface area (Å²) in [6, 6.07) is 20.6. The molecule has 184 valence electrons. The van der Waals surface area contributed by atoms with E-state index < -0.39 is 23.9 Å². The van der Waals surface area contributed by atoms with Crippen molar-refractivity contribution in [3.8, 4) is 34.5 Å². The monoisotopic (exact) mass is 486 g/mol. The molecule has 4 aromatic rings. The van der Waals surface area contributed by atoms with Crippen LogP contribution >= 0.6 is 0 Å². The lowest BCUT2D eigenvalue weighted by atomic mass is 9.75. The second kappa shape index (κ2) is 9.02. The molecule has 0 heterocycles. The predicted octanol–water partition coefficient (Wildman–Crippen LogP) is 5.32. The van der Waals surface area contributed by atoms with E-state index in [0.717, 1.165) is 11.1 Å². The largest absolute Gasteiger partial charge is 0.508 e. The third kappa shape index (κ3) is 4.03. The Morgan fingerprint density at radius 3 is 1.75 bits per heavy atom. The molecule has 0 spiro atoms. The van der Waals surface area contributed by atoms with Gasteiger partial charge < -0.3 is 35.4 Å². The Hall–Kier alpha value is -4.36. The van der Waals surface area contributed by atoms with E-state index in [1.165, 1.54) is 12.1 Å². The number of benzene rings is 4. The summed E-state index contributed by atoms with van der Waals surface area (Å²) in [5.74, 6) is -1.65. The summed E-state index contributed by atoms with van der Waals surface area (Å²) in [5.41, 5.74) is 3.36. The van der Waals surface area contributed by atoms with Gasteiger partial charge in [-0.05, 0) is 64.7 Å².